The number of nitrogens with zero attached hydrogens (tertiary/aromatic N) is 1. The van der Waals surface area contributed by atoms with Gasteiger partial charge in [0.1, 0.15) is 0 Å². The van der Waals surface area contributed by atoms with Gasteiger partial charge in [0.25, 0.3) is 0 Å². The van der Waals surface area contributed by atoms with E-state index >= 15 is 0 Å². The maximum Gasteiger partial charge on any atom is 0.153 e. The van der Waals surface area contributed by atoms with Crippen LogP contribution in [0, 0.1) is 5.92 Å². The van der Waals surface area contributed by atoms with Crippen LogP contribution in [0.25, 0.3) is 11.1 Å². The van der Waals surface area contributed by atoms with Gasteiger partial charge in [-0.25, -0.2) is 0 Å². The van der Waals surface area contributed by atoms with Gasteiger partial charge in [-0.3, -0.25) is 5.10 Å². The number of aromatic amines is 1. The van der Waals surface area contributed by atoms with Crippen LogP contribution in [0.2, 0.25) is 10.0 Å². The van der Waals surface area contributed by atoms with Crippen LogP contribution in [-0.2, 0) is 6.42 Å². The number of H-pyrrole nitrogens is 1. The van der Waals surface area contributed by atoms with Gasteiger partial charge in [0.2, 0.25) is 0 Å². The molecule has 112 valence electrons. The maximum atomic E-state index is 6.12. The van der Waals surface area contributed by atoms with Crippen LogP contribution in [0.5, 0.6) is 0 Å². The topological polar surface area (TPSA) is 54.7 Å². The summed E-state index contributed by atoms with van der Waals surface area (Å²) in [5, 5.41) is 8.38. The van der Waals surface area contributed by atoms with Crippen molar-refractivity contribution in [2.45, 2.75) is 38.5 Å². The van der Waals surface area contributed by atoms with Crippen LogP contribution < -0.4 is 5.73 Å². The first-order chi connectivity index (χ1) is 10.1. The fourth-order valence-electron chi connectivity index (χ4n) is 3.20. The lowest BCUT2D eigenvalue weighted by molar-refractivity contribution is 0.354. The second-order valence-electron chi connectivity index (χ2n) is 5.80. The number of aromatic nitrogens is 2. The number of nitrogen functional groups attached to an aromatic ring is 1. The van der Waals surface area contributed by atoms with Crippen molar-refractivity contribution in [1.82, 2.24) is 10.2 Å². The first-order valence-corrected chi connectivity index (χ1v) is 8.19. The van der Waals surface area contributed by atoms with Crippen LogP contribution in [0.4, 0.5) is 5.82 Å². The zero-order valence-electron chi connectivity index (χ0n) is 11.8. The molecule has 0 amide bonds. The first kappa shape index (κ1) is 14.7. The molecule has 5 heteroatoms. The summed E-state index contributed by atoms with van der Waals surface area (Å²) in [6, 6.07) is 5.60. The molecule has 0 saturated heterocycles. The number of anilines is 1. The molecule has 1 aromatic carbocycles. The fourth-order valence-corrected chi connectivity index (χ4v) is 3.49. The minimum Gasteiger partial charge on any atom is -0.382 e. The van der Waals surface area contributed by atoms with Crippen LogP contribution in [-0.4, -0.2) is 10.2 Å². The van der Waals surface area contributed by atoms with E-state index in [0.29, 0.717) is 15.9 Å². The minimum atomic E-state index is 0.527. The van der Waals surface area contributed by atoms with E-state index in [9.17, 15) is 0 Å². The van der Waals surface area contributed by atoms with Crippen molar-refractivity contribution >= 4 is 29.0 Å². The van der Waals surface area contributed by atoms with Gasteiger partial charge in [-0.15, -0.1) is 0 Å². The Balaban J connectivity index is 1.90. The van der Waals surface area contributed by atoms with E-state index in [0.717, 1.165) is 29.2 Å². The maximum absolute atomic E-state index is 6.12. The van der Waals surface area contributed by atoms with E-state index in [-0.39, 0.29) is 0 Å². The largest absolute Gasteiger partial charge is 0.382 e. The van der Waals surface area contributed by atoms with Gasteiger partial charge in [0, 0.05) is 11.3 Å². The Morgan fingerprint density at radius 1 is 1.14 bits per heavy atom. The van der Waals surface area contributed by atoms with Gasteiger partial charge >= 0.3 is 0 Å². The van der Waals surface area contributed by atoms with Crippen LogP contribution >= 0.6 is 23.2 Å². The van der Waals surface area contributed by atoms with Gasteiger partial charge in [-0.2, -0.15) is 5.10 Å². The highest BCUT2D eigenvalue weighted by molar-refractivity contribution is 6.42. The zero-order chi connectivity index (χ0) is 14.8. The molecule has 1 heterocycles. The Labute approximate surface area is 134 Å². The molecule has 0 aliphatic heterocycles. The Kier molecular flexibility index (Phi) is 4.41. The Hall–Kier alpha value is -1.19. The summed E-state index contributed by atoms with van der Waals surface area (Å²) in [5.41, 5.74) is 9.10. The lowest BCUT2D eigenvalue weighted by Gasteiger charge is -2.21. The molecule has 0 atom stereocenters. The van der Waals surface area contributed by atoms with Gasteiger partial charge in [-0.05, 0) is 30.0 Å². The summed E-state index contributed by atoms with van der Waals surface area (Å²) < 4.78 is 0. The molecule has 1 aromatic heterocycles. The van der Waals surface area contributed by atoms with E-state index in [1.165, 1.54) is 32.1 Å². The number of benzene rings is 1. The second-order valence-corrected chi connectivity index (χ2v) is 6.61. The van der Waals surface area contributed by atoms with Crippen molar-refractivity contribution in [3.05, 3.63) is 33.9 Å². The summed E-state index contributed by atoms with van der Waals surface area (Å²) in [5.74, 6) is 1.25. The summed E-state index contributed by atoms with van der Waals surface area (Å²) in [6.45, 7) is 0. The molecule has 2 aromatic rings. The smallest absolute Gasteiger partial charge is 0.153 e. The standard InChI is InChI=1S/C16H19Cl2N3/c17-12-7-6-11(9-13(12)18)15-14(20-21-16(15)19)8-10-4-2-1-3-5-10/h6-7,9-10H,1-5,8H2,(H3,19,20,21). The van der Waals surface area contributed by atoms with Gasteiger partial charge in [-0.1, -0.05) is 61.4 Å². The van der Waals surface area contributed by atoms with Crippen LogP contribution in [0.1, 0.15) is 37.8 Å². The average molecular weight is 324 g/mol. The van der Waals surface area contributed by atoms with E-state index < -0.39 is 0 Å². The molecule has 0 unspecified atom stereocenters. The quantitative estimate of drug-likeness (QED) is 0.826. The van der Waals surface area contributed by atoms with Gasteiger partial charge in [0.15, 0.2) is 5.82 Å². The SMILES string of the molecule is Nc1n[nH]c(CC2CCCCC2)c1-c1ccc(Cl)c(Cl)c1. The highest BCUT2D eigenvalue weighted by Crippen LogP contribution is 2.35. The average Bonchev–Trinajstić information content (AvgIpc) is 2.84. The van der Waals surface area contributed by atoms with Crippen LogP contribution in [0.15, 0.2) is 18.2 Å². The molecule has 1 saturated carbocycles. The summed E-state index contributed by atoms with van der Waals surface area (Å²) in [7, 11) is 0. The van der Waals surface area contributed by atoms with Gasteiger partial charge in [0.05, 0.1) is 10.0 Å². The summed E-state index contributed by atoms with van der Waals surface area (Å²) in [4.78, 5) is 0. The predicted molar refractivity (Wildman–Crippen MR) is 88.7 cm³/mol. The number of hydrogen-bond donors (Lipinski definition) is 2. The third-order valence-corrected chi connectivity index (χ3v) is 5.03. The number of nitrogens with two attached hydrogens (primary N) is 1. The molecule has 1 aliphatic rings. The second kappa shape index (κ2) is 6.29. The minimum absolute atomic E-state index is 0.527. The third kappa shape index (κ3) is 3.19. The van der Waals surface area contributed by atoms with Crippen molar-refractivity contribution in [1.29, 1.82) is 0 Å². The molecule has 1 aliphatic carbocycles. The highest BCUT2D eigenvalue weighted by atomic mass is 35.5. The molecule has 0 radical (unpaired) electrons. The molecule has 0 bridgehead atoms. The molecular formula is C16H19Cl2N3. The Morgan fingerprint density at radius 3 is 2.62 bits per heavy atom. The summed E-state index contributed by atoms with van der Waals surface area (Å²) in [6.07, 6.45) is 7.60. The number of rotatable bonds is 3. The lowest BCUT2D eigenvalue weighted by atomic mass is 9.85. The van der Waals surface area contributed by atoms with E-state index in [4.69, 9.17) is 28.9 Å². The lowest BCUT2D eigenvalue weighted by Crippen LogP contribution is -2.10. The highest BCUT2D eigenvalue weighted by Gasteiger charge is 2.20. The van der Waals surface area contributed by atoms with Crippen molar-refractivity contribution in [3.8, 4) is 11.1 Å². The molecule has 1 fully saturated rings. The van der Waals surface area contributed by atoms with Gasteiger partial charge < -0.3 is 5.73 Å². The molecule has 3 N–H and O–H groups in total. The fraction of sp³-hybridized carbons (Fsp3) is 0.438. The molecule has 21 heavy (non-hydrogen) atoms. The molecular weight excluding hydrogens is 305 g/mol. The van der Waals surface area contributed by atoms with Crippen molar-refractivity contribution < 1.29 is 0 Å². The number of nitrogens with one attached hydrogen (secondary N) is 1. The third-order valence-electron chi connectivity index (χ3n) is 4.30. The van der Waals surface area contributed by atoms with E-state index in [1.54, 1.807) is 6.07 Å². The van der Waals surface area contributed by atoms with Crippen molar-refractivity contribution in [2.75, 3.05) is 5.73 Å². The Bertz CT molecular complexity index is 630. The molecule has 0 spiro atoms. The number of halogens is 2. The number of hydrogen-bond acceptors (Lipinski definition) is 2. The Morgan fingerprint density at radius 2 is 1.90 bits per heavy atom. The van der Waals surface area contributed by atoms with E-state index in [2.05, 4.69) is 10.2 Å². The van der Waals surface area contributed by atoms with Crippen molar-refractivity contribution in [2.24, 2.45) is 5.92 Å². The predicted octanol–water partition coefficient (Wildman–Crippen LogP) is 5.09. The monoisotopic (exact) mass is 323 g/mol. The van der Waals surface area contributed by atoms with E-state index in [1.807, 2.05) is 12.1 Å². The first-order valence-electron chi connectivity index (χ1n) is 7.43. The van der Waals surface area contributed by atoms with Crippen LogP contribution in [0.3, 0.4) is 0 Å². The zero-order valence-corrected chi connectivity index (χ0v) is 13.3. The molecule has 3 nitrogen and oxygen atoms in total. The molecule has 3 rings (SSSR count). The summed E-state index contributed by atoms with van der Waals surface area (Å²) >= 11 is 12.1. The normalized spacial score (nSPS) is 16.3. The van der Waals surface area contributed by atoms with Crippen molar-refractivity contribution in [3.63, 3.8) is 0 Å².